The molecule has 140 valence electrons. The van der Waals surface area contributed by atoms with Crippen LogP contribution in [0.5, 0.6) is 5.75 Å². The van der Waals surface area contributed by atoms with Crippen LogP contribution in [0, 0.1) is 6.92 Å². The molecular formula is C19H14BrCl3N2O2. The third-order valence-electron chi connectivity index (χ3n) is 3.92. The highest BCUT2D eigenvalue weighted by atomic mass is 79.9. The summed E-state index contributed by atoms with van der Waals surface area (Å²) < 4.78 is 8.60. The van der Waals surface area contributed by atoms with Crippen LogP contribution in [0.2, 0.25) is 10.0 Å². The zero-order valence-electron chi connectivity index (χ0n) is 14.2. The Kier molecular flexibility index (Phi) is 6.48. The topological polar surface area (TPSA) is 44.1 Å². The van der Waals surface area contributed by atoms with E-state index in [0.717, 1.165) is 21.3 Å². The molecule has 0 N–H and O–H groups in total. The highest BCUT2D eigenvalue weighted by Gasteiger charge is 2.13. The number of carbonyl (C=O) groups is 1. The predicted octanol–water partition coefficient (Wildman–Crippen LogP) is 6.27. The zero-order chi connectivity index (χ0) is 19.6. The minimum Gasteiger partial charge on any atom is -0.488 e. The molecular weight excluding hydrogens is 474 g/mol. The second-order valence-corrected chi connectivity index (χ2v) is 7.98. The lowest BCUT2D eigenvalue weighted by molar-refractivity contribution is 0.107. The normalized spacial score (nSPS) is 10.9. The van der Waals surface area contributed by atoms with Gasteiger partial charge < -0.3 is 4.74 Å². The van der Waals surface area contributed by atoms with Crippen molar-refractivity contribution < 1.29 is 9.53 Å². The standard InChI is InChI=1S/C19H14BrCl3N2O2/c1-11-6-17(19(23)26)24-25(11)9-13-7-14(20)3-5-18(13)27-10-12-2-4-15(21)8-16(12)22/h2-8H,9-10H2,1H3. The van der Waals surface area contributed by atoms with Gasteiger partial charge in [0.1, 0.15) is 18.1 Å². The first-order valence-electron chi connectivity index (χ1n) is 7.93. The Bertz CT molecular complexity index is 1000. The van der Waals surface area contributed by atoms with Crippen molar-refractivity contribution in [2.75, 3.05) is 0 Å². The number of hydrogen-bond donors (Lipinski definition) is 0. The monoisotopic (exact) mass is 486 g/mol. The van der Waals surface area contributed by atoms with Gasteiger partial charge in [-0.2, -0.15) is 5.10 Å². The molecule has 1 heterocycles. The fourth-order valence-electron chi connectivity index (χ4n) is 2.53. The van der Waals surface area contributed by atoms with Gasteiger partial charge in [-0.15, -0.1) is 0 Å². The number of carbonyl (C=O) groups excluding carboxylic acids is 1. The molecule has 8 heteroatoms. The van der Waals surface area contributed by atoms with E-state index in [1.165, 1.54) is 0 Å². The van der Waals surface area contributed by atoms with Crippen molar-refractivity contribution in [1.29, 1.82) is 0 Å². The summed E-state index contributed by atoms with van der Waals surface area (Å²) in [5, 5.41) is 4.79. The Morgan fingerprint density at radius 3 is 2.59 bits per heavy atom. The molecule has 0 spiro atoms. The van der Waals surface area contributed by atoms with Crippen molar-refractivity contribution in [3.05, 3.63) is 79.5 Å². The number of rotatable bonds is 6. The van der Waals surface area contributed by atoms with Gasteiger partial charge in [0.2, 0.25) is 0 Å². The smallest absolute Gasteiger partial charge is 0.272 e. The van der Waals surface area contributed by atoms with Gasteiger partial charge in [-0.25, -0.2) is 0 Å². The van der Waals surface area contributed by atoms with Crippen LogP contribution in [-0.2, 0) is 13.2 Å². The molecule has 3 aromatic rings. The van der Waals surface area contributed by atoms with Gasteiger partial charge in [0.25, 0.3) is 5.24 Å². The van der Waals surface area contributed by atoms with Crippen LogP contribution < -0.4 is 4.74 Å². The lowest BCUT2D eigenvalue weighted by Gasteiger charge is -2.14. The average molecular weight is 489 g/mol. The summed E-state index contributed by atoms with van der Waals surface area (Å²) >= 11 is 21.1. The summed E-state index contributed by atoms with van der Waals surface area (Å²) in [5.74, 6) is 0.692. The minimum atomic E-state index is -0.583. The maximum atomic E-state index is 11.3. The number of ether oxygens (including phenoxy) is 1. The van der Waals surface area contributed by atoms with Gasteiger partial charge in [-0.1, -0.05) is 45.2 Å². The maximum Gasteiger partial charge on any atom is 0.272 e. The summed E-state index contributed by atoms with van der Waals surface area (Å²) in [7, 11) is 0. The maximum absolute atomic E-state index is 11.3. The van der Waals surface area contributed by atoms with E-state index >= 15 is 0 Å². The number of aryl methyl sites for hydroxylation is 1. The first kappa shape index (κ1) is 20.2. The second kappa shape index (κ2) is 8.65. The molecule has 0 aliphatic rings. The van der Waals surface area contributed by atoms with Crippen LogP contribution in [-0.4, -0.2) is 15.0 Å². The summed E-state index contributed by atoms with van der Waals surface area (Å²) in [5.41, 5.74) is 2.78. The van der Waals surface area contributed by atoms with Crippen molar-refractivity contribution >= 4 is 56.0 Å². The van der Waals surface area contributed by atoms with Crippen molar-refractivity contribution in [3.63, 3.8) is 0 Å². The molecule has 0 aliphatic heterocycles. The number of aromatic nitrogens is 2. The molecule has 0 saturated heterocycles. The molecule has 0 atom stereocenters. The van der Waals surface area contributed by atoms with Gasteiger partial charge >= 0.3 is 0 Å². The molecule has 27 heavy (non-hydrogen) atoms. The first-order chi connectivity index (χ1) is 12.8. The van der Waals surface area contributed by atoms with Crippen LogP contribution in [0.1, 0.15) is 27.3 Å². The van der Waals surface area contributed by atoms with Crippen molar-refractivity contribution in [1.82, 2.24) is 9.78 Å². The second-order valence-electron chi connectivity index (χ2n) is 5.88. The third kappa shape index (κ3) is 5.05. The van der Waals surface area contributed by atoms with E-state index in [4.69, 9.17) is 39.5 Å². The molecule has 0 amide bonds. The Hall–Kier alpha value is -1.53. The van der Waals surface area contributed by atoms with E-state index in [1.54, 1.807) is 22.9 Å². The van der Waals surface area contributed by atoms with E-state index in [1.807, 2.05) is 31.2 Å². The van der Waals surface area contributed by atoms with E-state index in [-0.39, 0.29) is 5.69 Å². The van der Waals surface area contributed by atoms with Crippen LogP contribution in [0.15, 0.2) is 46.9 Å². The van der Waals surface area contributed by atoms with E-state index in [9.17, 15) is 4.79 Å². The largest absolute Gasteiger partial charge is 0.488 e. The summed E-state index contributed by atoms with van der Waals surface area (Å²) in [6, 6.07) is 12.7. The Morgan fingerprint density at radius 2 is 1.93 bits per heavy atom. The lowest BCUT2D eigenvalue weighted by Crippen LogP contribution is -2.07. The van der Waals surface area contributed by atoms with Gasteiger partial charge in [0.05, 0.1) is 6.54 Å². The summed E-state index contributed by atoms with van der Waals surface area (Å²) in [6.45, 7) is 2.59. The molecule has 0 fully saturated rings. The molecule has 0 saturated carbocycles. The summed E-state index contributed by atoms with van der Waals surface area (Å²) in [4.78, 5) is 11.3. The van der Waals surface area contributed by atoms with Crippen LogP contribution >= 0.6 is 50.7 Å². The number of nitrogens with zero attached hydrogens (tertiary/aromatic N) is 2. The van der Waals surface area contributed by atoms with Crippen LogP contribution in [0.4, 0.5) is 0 Å². The van der Waals surface area contributed by atoms with E-state index < -0.39 is 5.24 Å². The SMILES string of the molecule is Cc1cc(C(=O)Cl)nn1Cc1cc(Br)ccc1OCc1ccc(Cl)cc1Cl. The molecule has 2 aromatic carbocycles. The molecule has 3 rings (SSSR count). The zero-order valence-corrected chi connectivity index (χ0v) is 18.0. The van der Waals surface area contributed by atoms with Crippen LogP contribution in [0.25, 0.3) is 0 Å². The molecule has 0 unspecified atom stereocenters. The Morgan fingerprint density at radius 1 is 1.15 bits per heavy atom. The fourth-order valence-corrected chi connectivity index (χ4v) is 3.50. The number of hydrogen-bond acceptors (Lipinski definition) is 3. The minimum absolute atomic E-state index is 0.222. The quantitative estimate of drug-likeness (QED) is 0.384. The van der Waals surface area contributed by atoms with E-state index in [0.29, 0.717) is 28.9 Å². The highest BCUT2D eigenvalue weighted by molar-refractivity contribution is 9.10. The molecule has 4 nitrogen and oxygen atoms in total. The van der Waals surface area contributed by atoms with Crippen molar-refractivity contribution in [3.8, 4) is 5.75 Å². The molecule has 0 aliphatic carbocycles. The fraction of sp³-hybridized carbons (Fsp3) is 0.158. The number of halogens is 4. The summed E-state index contributed by atoms with van der Waals surface area (Å²) in [6.07, 6.45) is 0. The van der Waals surface area contributed by atoms with Gasteiger partial charge in [0.15, 0.2) is 0 Å². The van der Waals surface area contributed by atoms with Crippen LogP contribution in [0.3, 0.4) is 0 Å². The molecule has 1 aromatic heterocycles. The highest BCUT2D eigenvalue weighted by Crippen LogP contribution is 2.27. The third-order valence-corrected chi connectivity index (χ3v) is 5.20. The molecule has 0 bridgehead atoms. The van der Waals surface area contributed by atoms with Crippen molar-refractivity contribution in [2.45, 2.75) is 20.1 Å². The first-order valence-corrected chi connectivity index (χ1v) is 9.85. The molecule has 0 radical (unpaired) electrons. The van der Waals surface area contributed by atoms with E-state index in [2.05, 4.69) is 21.0 Å². The van der Waals surface area contributed by atoms with Crippen molar-refractivity contribution in [2.24, 2.45) is 0 Å². The van der Waals surface area contributed by atoms with Gasteiger partial charge in [0, 0.05) is 31.3 Å². The predicted molar refractivity (Wildman–Crippen MR) is 111 cm³/mol. The number of benzene rings is 2. The average Bonchev–Trinajstić information content (AvgIpc) is 2.97. The lowest BCUT2D eigenvalue weighted by atomic mass is 10.2. The van der Waals surface area contributed by atoms with Gasteiger partial charge in [-0.3, -0.25) is 9.48 Å². The Balaban J connectivity index is 1.84. The Labute approximate surface area is 180 Å². The van der Waals surface area contributed by atoms with Gasteiger partial charge in [-0.05, 0) is 54.9 Å².